The van der Waals surface area contributed by atoms with Gasteiger partial charge in [0.2, 0.25) is 5.89 Å². The number of furan rings is 1. The molecule has 1 aliphatic carbocycles. The Hall–Kier alpha value is -1.62. The van der Waals surface area contributed by atoms with Crippen LogP contribution in [0.4, 0.5) is 0 Å². The summed E-state index contributed by atoms with van der Waals surface area (Å²) in [6.07, 6.45) is 3.36. The Balaban J connectivity index is 1.69. The fourth-order valence-corrected chi connectivity index (χ4v) is 1.63. The summed E-state index contributed by atoms with van der Waals surface area (Å²) < 4.78 is 11.1. The third-order valence-corrected chi connectivity index (χ3v) is 2.81. The molecule has 17 heavy (non-hydrogen) atoms. The molecule has 90 valence electrons. The highest BCUT2D eigenvalue weighted by Gasteiger charge is 2.21. The average Bonchev–Trinajstić information content (AvgIpc) is 2.89. The quantitative estimate of drug-likeness (QED) is 0.857. The molecule has 2 aromatic rings. The standard InChI is InChI=1S/C12H15N3O2/c1-2-9-5-6-10(16-9)12-15-14-11(17-12)7-13-8-3-4-8/h5-6,8,13H,2-4,7H2,1H3. The first-order valence-electron chi connectivity index (χ1n) is 6.00. The molecule has 0 atom stereocenters. The second-order valence-corrected chi connectivity index (χ2v) is 4.28. The van der Waals surface area contributed by atoms with Crippen molar-refractivity contribution in [2.75, 3.05) is 0 Å². The van der Waals surface area contributed by atoms with E-state index in [-0.39, 0.29) is 0 Å². The number of aromatic nitrogens is 2. The first-order chi connectivity index (χ1) is 8.35. The van der Waals surface area contributed by atoms with Crippen LogP contribution >= 0.6 is 0 Å². The highest BCUT2D eigenvalue weighted by Crippen LogP contribution is 2.22. The molecule has 3 rings (SSSR count). The lowest BCUT2D eigenvalue weighted by molar-refractivity contribution is 0.452. The molecule has 0 amide bonds. The second-order valence-electron chi connectivity index (χ2n) is 4.28. The van der Waals surface area contributed by atoms with Crippen LogP contribution in [0.5, 0.6) is 0 Å². The minimum absolute atomic E-state index is 0.456. The van der Waals surface area contributed by atoms with Gasteiger partial charge in [0, 0.05) is 12.5 Å². The van der Waals surface area contributed by atoms with Gasteiger partial charge in [-0.15, -0.1) is 10.2 Å². The summed E-state index contributed by atoms with van der Waals surface area (Å²) in [4.78, 5) is 0. The van der Waals surface area contributed by atoms with Gasteiger partial charge in [0.25, 0.3) is 5.89 Å². The van der Waals surface area contributed by atoms with E-state index in [0.29, 0.717) is 30.1 Å². The van der Waals surface area contributed by atoms with Crippen molar-refractivity contribution >= 4 is 0 Å². The Kier molecular flexibility index (Phi) is 2.68. The monoisotopic (exact) mass is 233 g/mol. The van der Waals surface area contributed by atoms with Crippen LogP contribution in [0.2, 0.25) is 0 Å². The van der Waals surface area contributed by atoms with E-state index in [2.05, 4.69) is 15.5 Å². The van der Waals surface area contributed by atoms with Crippen molar-refractivity contribution in [1.29, 1.82) is 0 Å². The molecule has 0 aliphatic heterocycles. The van der Waals surface area contributed by atoms with Gasteiger partial charge in [0.05, 0.1) is 6.54 Å². The zero-order chi connectivity index (χ0) is 11.7. The Labute approximate surface area is 99.2 Å². The Morgan fingerprint density at radius 2 is 2.18 bits per heavy atom. The van der Waals surface area contributed by atoms with Gasteiger partial charge < -0.3 is 14.2 Å². The van der Waals surface area contributed by atoms with Crippen LogP contribution in [0.15, 0.2) is 21.0 Å². The molecular formula is C12H15N3O2. The molecule has 1 N–H and O–H groups in total. The number of hydrogen-bond donors (Lipinski definition) is 1. The van der Waals surface area contributed by atoms with Crippen LogP contribution in [0.1, 0.15) is 31.4 Å². The van der Waals surface area contributed by atoms with Crippen LogP contribution in [0, 0.1) is 0 Å². The Morgan fingerprint density at radius 3 is 2.88 bits per heavy atom. The molecule has 2 aromatic heterocycles. The van der Waals surface area contributed by atoms with E-state index in [0.717, 1.165) is 12.2 Å². The largest absolute Gasteiger partial charge is 0.456 e. The molecule has 0 radical (unpaired) electrons. The molecule has 0 spiro atoms. The summed E-state index contributed by atoms with van der Waals surface area (Å²) in [5.74, 6) is 2.64. The Bertz CT molecular complexity index is 499. The van der Waals surface area contributed by atoms with E-state index in [4.69, 9.17) is 8.83 Å². The molecular weight excluding hydrogens is 218 g/mol. The van der Waals surface area contributed by atoms with Gasteiger partial charge in [0.1, 0.15) is 5.76 Å². The van der Waals surface area contributed by atoms with Gasteiger partial charge in [-0.25, -0.2) is 0 Å². The molecule has 5 nitrogen and oxygen atoms in total. The minimum Gasteiger partial charge on any atom is -0.456 e. The topological polar surface area (TPSA) is 64.1 Å². The molecule has 0 saturated heterocycles. The maximum absolute atomic E-state index is 5.55. The summed E-state index contributed by atoms with van der Waals surface area (Å²) >= 11 is 0. The molecule has 1 fully saturated rings. The van der Waals surface area contributed by atoms with Crippen molar-refractivity contribution in [2.24, 2.45) is 0 Å². The van der Waals surface area contributed by atoms with Gasteiger partial charge in [-0.3, -0.25) is 0 Å². The highest BCUT2D eigenvalue weighted by atomic mass is 16.4. The van der Waals surface area contributed by atoms with E-state index >= 15 is 0 Å². The van der Waals surface area contributed by atoms with E-state index in [1.807, 2.05) is 19.1 Å². The van der Waals surface area contributed by atoms with Crippen LogP contribution in [-0.2, 0) is 13.0 Å². The Morgan fingerprint density at radius 1 is 1.29 bits per heavy atom. The molecule has 2 heterocycles. The number of nitrogens with zero attached hydrogens (tertiary/aromatic N) is 2. The van der Waals surface area contributed by atoms with Gasteiger partial charge in [-0.05, 0) is 25.0 Å². The van der Waals surface area contributed by atoms with E-state index in [1.165, 1.54) is 12.8 Å². The van der Waals surface area contributed by atoms with Crippen molar-refractivity contribution in [3.05, 3.63) is 23.8 Å². The molecule has 1 aliphatic rings. The zero-order valence-electron chi connectivity index (χ0n) is 9.77. The molecule has 5 heteroatoms. The van der Waals surface area contributed by atoms with Crippen molar-refractivity contribution in [3.63, 3.8) is 0 Å². The summed E-state index contributed by atoms with van der Waals surface area (Å²) in [6.45, 7) is 2.68. The van der Waals surface area contributed by atoms with E-state index in [9.17, 15) is 0 Å². The summed E-state index contributed by atoms with van der Waals surface area (Å²) in [5.41, 5.74) is 0. The minimum atomic E-state index is 0.456. The SMILES string of the molecule is CCc1ccc(-c2nnc(CNC3CC3)o2)o1. The van der Waals surface area contributed by atoms with Crippen molar-refractivity contribution < 1.29 is 8.83 Å². The third-order valence-electron chi connectivity index (χ3n) is 2.81. The molecule has 0 bridgehead atoms. The summed E-state index contributed by atoms with van der Waals surface area (Å²) in [5, 5.41) is 11.3. The van der Waals surface area contributed by atoms with Crippen LogP contribution in [-0.4, -0.2) is 16.2 Å². The highest BCUT2D eigenvalue weighted by molar-refractivity contribution is 5.43. The summed E-state index contributed by atoms with van der Waals surface area (Å²) in [6, 6.07) is 4.44. The summed E-state index contributed by atoms with van der Waals surface area (Å²) in [7, 11) is 0. The lowest BCUT2D eigenvalue weighted by atomic mass is 10.3. The molecule has 1 saturated carbocycles. The molecule has 0 aromatic carbocycles. The van der Waals surface area contributed by atoms with Gasteiger partial charge in [-0.2, -0.15) is 0 Å². The predicted octanol–water partition coefficient (Wildman–Crippen LogP) is 2.14. The number of nitrogens with one attached hydrogen (secondary N) is 1. The maximum atomic E-state index is 5.55. The van der Waals surface area contributed by atoms with E-state index in [1.54, 1.807) is 0 Å². The zero-order valence-corrected chi connectivity index (χ0v) is 9.77. The third kappa shape index (κ3) is 2.39. The van der Waals surface area contributed by atoms with Crippen molar-refractivity contribution in [1.82, 2.24) is 15.5 Å². The molecule has 0 unspecified atom stereocenters. The van der Waals surface area contributed by atoms with Crippen LogP contribution < -0.4 is 5.32 Å². The lowest BCUT2D eigenvalue weighted by Gasteiger charge is -1.95. The number of hydrogen-bond acceptors (Lipinski definition) is 5. The van der Waals surface area contributed by atoms with Crippen LogP contribution in [0.25, 0.3) is 11.7 Å². The van der Waals surface area contributed by atoms with Crippen molar-refractivity contribution in [3.8, 4) is 11.7 Å². The predicted molar refractivity (Wildman–Crippen MR) is 61.2 cm³/mol. The lowest BCUT2D eigenvalue weighted by Crippen LogP contribution is -2.15. The van der Waals surface area contributed by atoms with Gasteiger partial charge >= 0.3 is 0 Å². The smallest absolute Gasteiger partial charge is 0.283 e. The van der Waals surface area contributed by atoms with Crippen LogP contribution in [0.3, 0.4) is 0 Å². The normalized spacial score (nSPS) is 15.4. The van der Waals surface area contributed by atoms with Gasteiger partial charge in [-0.1, -0.05) is 6.92 Å². The maximum Gasteiger partial charge on any atom is 0.283 e. The average molecular weight is 233 g/mol. The number of aryl methyl sites for hydroxylation is 1. The fourth-order valence-electron chi connectivity index (χ4n) is 1.63. The first-order valence-corrected chi connectivity index (χ1v) is 6.00. The van der Waals surface area contributed by atoms with Crippen molar-refractivity contribution in [2.45, 2.75) is 38.8 Å². The second kappa shape index (κ2) is 4.33. The fraction of sp³-hybridized carbons (Fsp3) is 0.500. The van der Waals surface area contributed by atoms with E-state index < -0.39 is 0 Å². The number of rotatable bonds is 5. The van der Waals surface area contributed by atoms with Gasteiger partial charge in [0.15, 0.2) is 5.76 Å². The first kappa shape index (κ1) is 10.5.